The summed E-state index contributed by atoms with van der Waals surface area (Å²) in [6, 6.07) is 9.58. The molecule has 190 valence electrons. The Morgan fingerprint density at radius 1 is 1.17 bits per heavy atom. The lowest BCUT2D eigenvalue weighted by molar-refractivity contribution is 0.0490. The van der Waals surface area contributed by atoms with Crippen LogP contribution in [0.25, 0.3) is 0 Å². The number of piperidine rings is 1. The topological polar surface area (TPSA) is 131 Å². The molecule has 2 aliphatic rings. The molecule has 1 aromatic carbocycles. The largest absolute Gasteiger partial charge is 0.382 e. The van der Waals surface area contributed by atoms with Crippen molar-refractivity contribution in [3.8, 4) is 6.07 Å². The standard InChI is InChI=1S/C25H31ClN8O2/c1-3-18-15-33(23-21(26)30-20(22(28)31-23)24(35)29-2)12-13-34(18)19-8-10-32(11-9-19)25(36)17-6-4-16(14-27)5-7-17/h4-7,18-19H,3,8-13,15H2,1-2H3,(H2,28,31)(H,29,35)/t18-/m0/s1. The first-order valence-corrected chi connectivity index (χ1v) is 12.6. The van der Waals surface area contributed by atoms with E-state index >= 15 is 0 Å². The number of nitrogens with two attached hydrogens (primary N) is 1. The molecule has 2 aromatic rings. The molecule has 1 aromatic heterocycles. The molecular weight excluding hydrogens is 480 g/mol. The van der Waals surface area contributed by atoms with Crippen molar-refractivity contribution in [1.82, 2.24) is 25.1 Å². The van der Waals surface area contributed by atoms with Gasteiger partial charge in [-0.2, -0.15) is 5.26 Å². The highest BCUT2D eigenvalue weighted by atomic mass is 35.5. The Bertz CT molecular complexity index is 1160. The maximum Gasteiger partial charge on any atom is 0.273 e. The van der Waals surface area contributed by atoms with Crippen molar-refractivity contribution >= 4 is 35.1 Å². The number of halogens is 1. The molecule has 0 saturated carbocycles. The Hall–Kier alpha value is -3.42. The Balaban J connectivity index is 1.38. The second kappa shape index (κ2) is 11.1. The average molecular weight is 511 g/mol. The zero-order chi connectivity index (χ0) is 25.8. The van der Waals surface area contributed by atoms with Crippen LogP contribution < -0.4 is 16.0 Å². The number of nitrogen functional groups attached to an aromatic ring is 1. The molecule has 36 heavy (non-hydrogen) atoms. The van der Waals surface area contributed by atoms with E-state index in [1.54, 1.807) is 24.3 Å². The molecule has 2 aliphatic heterocycles. The van der Waals surface area contributed by atoms with Gasteiger partial charge in [0.1, 0.15) is 0 Å². The molecule has 0 radical (unpaired) electrons. The second-order valence-electron chi connectivity index (χ2n) is 9.11. The molecule has 2 fully saturated rings. The summed E-state index contributed by atoms with van der Waals surface area (Å²) in [5, 5.41) is 11.6. The van der Waals surface area contributed by atoms with Gasteiger partial charge in [-0.15, -0.1) is 0 Å². The highest BCUT2D eigenvalue weighted by Crippen LogP contribution is 2.30. The lowest BCUT2D eigenvalue weighted by atomic mass is 9.97. The molecule has 2 amide bonds. The number of rotatable bonds is 5. The highest BCUT2D eigenvalue weighted by molar-refractivity contribution is 6.32. The van der Waals surface area contributed by atoms with E-state index in [1.165, 1.54) is 7.05 Å². The second-order valence-corrected chi connectivity index (χ2v) is 9.47. The summed E-state index contributed by atoms with van der Waals surface area (Å²) < 4.78 is 0. The Morgan fingerprint density at radius 3 is 2.47 bits per heavy atom. The third-order valence-corrected chi connectivity index (χ3v) is 7.34. The molecule has 0 bridgehead atoms. The fraction of sp³-hybridized carbons (Fsp3) is 0.480. The van der Waals surface area contributed by atoms with Crippen molar-refractivity contribution in [2.75, 3.05) is 50.4 Å². The number of anilines is 2. The number of amides is 2. The van der Waals surface area contributed by atoms with Gasteiger partial charge in [0.15, 0.2) is 22.5 Å². The van der Waals surface area contributed by atoms with Crippen molar-refractivity contribution in [1.29, 1.82) is 5.26 Å². The van der Waals surface area contributed by atoms with Gasteiger partial charge in [0.25, 0.3) is 11.8 Å². The van der Waals surface area contributed by atoms with Crippen LogP contribution >= 0.6 is 11.6 Å². The molecular formula is C25H31ClN8O2. The highest BCUT2D eigenvalue weighted by Gasteiger charge is 2.35. The molecule has 10 nitrogen and oxygen atoms in total. The molecule has 0 spiro atoms. The van der Waals surface area contributed by atoms with Gasteiger partial charge < -0.3 is 20.9 Å². The maximum atomic E-state index is 12.9. The number of carbonyl (C=O) groups excluding carboxylic acids is 2. The minimum absolute atomic E-state index is 0.0146. The van der Waals surface area contributed by atoms with E-state index in [2.05, 4.69) is 38.1 Å². The average Bonchev–Trinajstić information content (AvgIpc) is 2.93. The zero-order valence-electron chi connectivity index (χ0n) is 20.6. The minimum atomic E-state index is -0.422. The first-order valence-electron chi connectivity index (χ1n) is 12.2. The molecule has 4 rings (SSSR count). The van der Waals surface area contributed by atoms with Gasteiger partial charge >= 0.3 is 0 Å². The Labute approximate surface area is 216 Å². The summed E-state index contributed by atoms with van der Waals surface area (Å²) in [6.07, 6.45) is 2.78. The predicted octanol–water partition coefficient (Wildman–Crippen LogP) is 2.15. The van der Waals surface area contributed by atoms with Crippen molar-refractivity contribution < 1.29 is 9.59 Å². The summed E-state index contributed by atoms with van der Waals surface area (Å²) in [6.45, 7) is 5.86. The smallest absolute Gasteiger partial charge is 0.273 e. The number of hydrogen-bond acceptors (Lipinski definition) is 8. The van der Waals surface area contributed by atoms with Crippen molar-refractivity contribution in [2.24, 2.45) is 0 Å². The number of carbonyl (C=O) groups is 2. The van der Waals surface area contributed by atoms with Crippen molar-refractivity contribution in [2.45, 2.75) is 38.3 Å². The van der Waals surface area contributed by atoms with Crippen molar-refractivity contribution in [3.05, 3.63) is 46.2 Å². The van der Waals surface area contributed by atoms with E-state index in [0.717, 1.165) is 32.4 Å². The van der Waals surface area contributed by atoms with Crippen LogP contribution in [0.5, 0.6) is 0 Å². The van der Waals surface area contributed by atoms with Gasteiger partial charge in [0, 0.05) is 57.4 Å². The van der Waals surface area contributed by atoms with Crippen molar-refractivity contribution in [3.63, 3.8) is 0 Å². The first-order chi connectivity index (χ1) is 17.4. The van der Waals surface area contributed by atoms with Crippen LogP contribution in [0.4, 0.5) is 11.6 Å². The number of aromatic nitrogens is 2. The Kier molecular flexibility index (Phi) is 7.91. The van der Waals surface area contributed by atoms with Gasteiger partial charge in [-0.3, -0.25) is 14.5 Å². The SMILES string of the molecule is CC[C@H]1CN(c2nc(N)c(C(=O)NC)nc2Cl)CCN1C1CCN(C(=O)c2ccc(C#N)cc2)CC1. The van der Waals surface area contributed by atoms with Crippen LogP contribution in [0.3, 0.4) is 0 Å². The minimum Gasteiger partial charge on any atom is -0.382 e. The number of nitrogens with one attached hydrogen (secondary N) is 1. The fourth-order valence-corrected chi connectivity index (χ4v) is 5.33. The number of hydrogen-bond donors (Lipinski definition) is 2. The summed E-state index contributed by atoms with van der Waals surface area (Å²) in [5.74, 6) is 0.154. The van der Waals surface area contributed by atoms with Gasteiger partial charge in [0.2, 0.25) is 0 Å². The molecule has 3 heterocycles. The molecule has 2 saturated heterocycles. The fourth-order valence-electron chi connectivity index (χ4n) is 5.08. The molecule has 11 heteroatoms. The summed E-state index contributed by atoms with van der Waals surface area (Å²) >= 11 is 6.41. The number of nitriles is 1. The number of piperazine rings is 1. The monoisotopic (exact) mass is 510 g/mol. The Morgan fingerprint density at radius 2 is 1.86 bits per heavy atom. The van der Waals surface area contributed by atoms with E-state index in [9.17, 15) is 9.59 Å². The summed E-state index contributed by atoms with van der Waals surface area (Å²) in [4.78, 5) is 40.0. The van der Waals surface area contributed by atoms with E-state index in [4.69, 9.17) is 22.6 Å². The van der Waals surface area contributed by atoms with Crippen LogP contribution in [0.2, 0.25) is 5.15 Å². The molecule has 0 unspecified atom stereocenters. The molecule has 3 N–H and O–H groups in total. The normalized spacial score (nSPS) is 19.1. The van der Waals surface area contributed by atoms with Gasteiger partial charge in [0.05, 0.1) is 11.6 Å². The van der Waals surface area contributed by atoms with Gasteiger partial charge in [-0.25, -0.2) is 9.97 Å². The first kappa shape index (κ1) is 25.7. The van der Waals surface area contributed by atoms with E-state index < -0.39 is 5.91 Å². The van der Waals surface area contributed by atoms with Crippen LogP contribution in [-0.4, -0.2) is 83.4 Å². The van der Waals surface area contributed by atoms with E-state index in [-0.39, 0.29) is 22.6 Å². The van der Waals surface area contributed by atoms with Gasteiger partial charge in [-0.05, 0) is 43.5 Å². The van der Waals surface area contributed by atoms with Crippen LogP contribution in [0.1, 0.15) is 52.6 Å². The maximum absolute atomic E-state index is 12.9. The quantitative estimate of drug-likeness (QED) is 0.625. The number of likely N-dealkylation sites (tertiary alicyclic amines) is 1. The van der Waals surface area contributed by atoms with Crippen LogP contribution in [-0.2, 0) is 0 Å². The summed E-state index contributed by atoms with van der Waals surface area (Å²) in [5.41, 5.74) is 7.20. The third kappa shape index (κ3) is 5.22. The lowest BCUT2D eigenvalue weighted by Crippen LogP contribution is -2.58. The zero-order valence-corrected chi connectivity index (χ0v) is 21.3. The molecule has 0 aliphatic carbocycles. The lowest BCUT2D eigenvalue weighted by Gasteiger charge is -2.47. The van der Waals surface area contributed by atoms with E-state index in [1.807, 2.05) is 4.90 Å². The van der Waals surface area contributed by atoms with E-state index in [0.29, 0.717) is 48.7 Å². The number of benzene rings is 1. The predicted molar refractivity (Wildman–Crippen MR) is 138 cm³/mol. The number of nitrogens with zero attached hydrogens (tertiary/aromatic N) is 6. The third-order valence-electron chi connectivity index (χ3n) is 7.09. The summed E-state index contributed by atoms with van der Waals surface area (Å²) in [7, 11) is 1.50. The van der Waals surface area contributed by atoms with Gasteiger partial charge in [-0.1, -0.05) is 18.5 Å². The molecule has 1 atom stereocenters. The van der Waals surface area contributed by atoms with Crippen LogP contribution in [0, 0.1) is 11.3 Å². The van der Waals surface area contributed by atoms with Crippen LogP contribution in [0.15, 0.2) is 24.3 Å².